The van der Waals surface area contributed by atoms with Crippen LogP contribution in [0.2, 0.25) is 0 Å². The minimum absolute atomic E-state index is 0.795. The van der Waals surface area contributed by atoms with Crippen LogP contribution in [0.4, 0.5) is 0 Å². The maximum atomic E-state index is 5.04. The molecule has 0 atom stereocenters. The Bertz CT molecular complexity index is 444. The third-order valence-electron chi connectivity index (χ3n) is 1.95. The van der Waals surface area contributed by atoms with E-state index in [0.717, 1.165) is 21.7 Å². The second-order valence-electron chi connectivity index (χ2n) is 2.72. The molecule has 0 saturated carbocycles. The Morgan fingerprint density at radius 1 is 1.00 bits per heavy atom. The molecule has 3 heteroatoms. The van der Waals surface area contributed by atoms with Crippen molar-refractivity contribution >= 4 is 21.7 Å². The van der Waals surface area contributed by atoms with Crippen molar-refractivity contribution in [3.8, 4) is 0 Å². The molecule has 0 bridgehead atoms. The zero-order valence-electron chi connectivity index (χ0n) is 6.15. The first kappa shape index (κ1) is 5.83. The van der Waals surface area contributed by atoms with Crippen molar-refractivity contribution in [3.63, 3.8) is 0 Å². The summed E-state index contributed by atoms with van der Waals surface area (Å²) in [5, 5.41) is 6.82. The normalized spacial score (nSPS) is 11.3. The highest BCUT2D eigenvalue weighted by Gasteiger charge is 2.01. The molecular formula is C9H5NO2. The molecule has 0 fully saturated rings. The minimum atomic E-state index is 0.795. The Balaban J connectivity index is 2.62. The molecule has 0 aliphatic heterocycles. The summed E-state index contributed by atoms with van der Waals surface area (Å²) < 4.78 is 10.0. The quantitative estimate of drug-likeness (QED) is 0.506. The zero-order valence-corrected chi connectivity index (χ0v) is 6.15. The van der Waals surface area contributed by atoms with Gasteiger partial charge in [-0.2, -0.15) is 0 Å². The molecule has 0 spiro atoms. The number of hydrogen-bond donors (Lipinski definition) is 0. The van der Waals surface area contributed by atoms with Gasteiger partial charge in [0, 0.05) is 16.2 Å². The second kappa shape index (κ2) is 1.88. The first-order chi connectivity index (χ1) is 5.93. The number of aromatic nitrogens is 1. The molecule has 0 aliphatic rings. The monoisotopic (exact) mass is 159 g/mol. The highest BCUT2D eigenvalue weighted by Crippen LogP contribution is 2.22. The van der Waals surface area contributed by atoms with Gasteiger partial charge in [0.2, 0.25) is 0 Å². The molecular weight excluding hydrogens is 154 g/mol. The van der Waals surface area contributed by atoms with Crippen molar-refractivity contribution < 1.29 is 8.94 Å². The highest BCUT2D eigenvalue weighted by molar-refractivity contribution is 5.94. The van der Waals surface area contributed by atoms with Crippen molar-refractivity contribution in [1.82, 2.24) is 5.16 Å². The Hall–Kier alpha value is -1.77. The Morgan fingerprint density at radius 2 is 1.83 bits per heavy atom. The fourth-order valence-corrected chi connectivity index (χ4v) is 1.33. The summed E-state index contributed by atoms with van der Waals surface area (Å²) in [6.07, 6.45) is 5.10. The molecule has 0 unspecified atom stereocenters. The SMILES string of the molecule is c1occ2cc3oncc3cc12. The Kier molecular flexibility index (Phi) is 0.913. The molecule has 0 amide bonds. The fourth-order valence-electron chi connectivity index (χ4n) is 1.33. The summed E-state index contributed by atoms with van der Waals surface area (Å²) in [6.45, 7) is 0. The molecule has 12 heavy (non-hydrogen) atoms. The molecule has 3 nitrogen and oxygen atoms in total. The maximum absolute atomic E-state index is 5.04. The molecule has 0 radical (unpaired) electrons. The summed E-state index contributed by atoms with van der Waals surface area (Å²) >= 11 is 0. The predicted octanol–water partition coefficient (Wildman–Crippen LogP) is 2.57. The first-order valence-corrected chi connectivity index (χ1v) is 3.64. The third kappa shape index (κ3) is 0.625. The van der Waals surface area contributed by atoms with Gasteiger partial charge in [-0.3, -0.25) is 0 Å². The van der Waals surface area contributed by atoms with Crippen LogP contribution >= 0.6 is 0 Å². The summed E-state index contributed by atoms with van der Waals surface area (Å²) in [5.41, 5.74) is 0.795. The average molecular weight is 159 g/mol. The van der Waals surface area contributed by atoms with Crippen molar-refractivity contribution in [3.05, 3.63) is 30.9 Å². The van der Waals surface area contributed by atoms with Crippen LogP contribution in [0.1, 0.15) is 0 Å². The lowest BCUT2D eigenvalue weighted by Crippen LogP contribution is -1.63. The zero-order chi connectivity index (χ0) is 7.97. The number of benzene rings is 1. The predicted molar refractivity (Wildman–Crippen MR) is 43.8 cm³/mol. The van der Waals surface area contributed by atoms with Crippen molar-refractivity contribution in [2.24, 2.45) is 0 Å². The summed E-state index contributed by atoms with van der Waals surface area (Å²) in [6, 6.07) is 3.91. The smallest absolute Gasteiger partial charge is 0.167 e. The Labute approximate surface area is 67.6 Å². The average Bonchev–Trinajstić information content (AvgIpc) is 2.64. The molecule has 58 valence electrons. The fraction of sp³-hybridized carbons (Fsp3) is 0. The lowest BCUT2D eigenvalue weighted by Gasteiger charge is -1.85. The van der Waals surface area contributed by atoms with Gasteiger partial charge >= 0.3 is 0 Å². The van der Waals surface area contributed by atoms with Gasteiger partial charge < -0.3 is 8.94 Å². The minimum Gasteiger partial charge on any atom is -0.471 e. The van der Waals surface area contributed by atoms with E-state index in [2.05, 4.69) is 5.16 Å². The molecule has 2 aromatic heterocycles. The van der Waals surface area contributed by atoms with Crippen LogP contribution < -0.4 is 0 Å². The number of nitrogens with zero attached hydrogens (tertiary/aromatic N) is 1. The highest BCUT2D eigenvalue weighted by atomic mass is 16.5. The van der Waals surface area contributed by atoms with E-state index in [1.54, 1.807) is 18.7 Å². The second-order valence-corrected chi connectivity index (χ2v) is 2.72. The Morgan fingerprint density at radius 3 is 2.75 bits per heavy atom. The topological polar surface area (TPSA) is 39.2 Å². The largest absolute Gasteiger partial charge is 0.471 e. The van der Waals surface area contributed by atoms with Crippen LogP contribution in [-0.4, -0.2) is 5.16 Å². The van der Waals surface area contributed by atoms with Gasteiger partial charge in [-0.1, -0.05) is 5.16 Å². The number of furan rings is 1. The van der Waals surface area contributed by atoms with Gasteiger partial charge in [-0.05, 0) is 12.1 Å². The van der Waals surface area contributed by atoms with Gasteiger partial charge in [0.1, 0.15) is 0 Å². The molecule has 2 heterocycles. The van der Waals surface area contributed by atoms with Crippen molar-refractivity contribution in [1.29, 1.82) is 0 Å². The molecule has 0 N–H and O–H groups in total. The summed E-state index contributed by atoms with van der Waals surface area (Å²) in [4.78, 5) is 0. The first-order valence-electron chi connectivity index (χ1n) is 3.64. The molecule has 3 aromatic rings. The van der Waals surface area contributed by atoms with E-state index in [1.807, 2.05) is 12.1 Å². The third-order valence-corrected chi connectivity index (χ3v) is 1.95. The number of hydrogen-bond acceptors (Lipinski definition) is 3. The van der Waals surface area contributed by atoms with Gasteiger partial charge in [0.05, 0.1) is 18.7 Å². The van der Waals surface area contributed by atoms with Crippen LogP contribution in [0.3, 0.4) is 0 Å². The van der Waals surface area contributed by atoms with Gasteiger partial charge in [0.25, 0.3) is 0 Å². The van der Waals surface area contributed by atoms with E-state index >= 15 is 0 Å². The van der Waals surface area contributed by atoms with E-state index in [1.165, 1.54) is 0 Å². The van der Waals surface area contributed by atoms with Crippen LogP contribution in [0.5, 0.6) is 0 Å². The lowest BCUT2D eigenvalue weighted by atomic mass is 10.2. The van der Waals surface area contributed by atoms with Crippen LogP contribution in [0.15, 0.2) is 39.8 Å². The van der Waals surface area contributed by atoms with Crippen molar-refractivity contribution in [2.45, 2.75) is 0 Å². The van der Waals surface area contributed by atoms with Crippen LogP contribution in [0, 0.1) is 0 Å². The van der Waals surface area contributed by atoms with Gasteiger partial charge in [-0.15, -0.1) is 0 Å². The number of rotatable bonds is 0. The van der Waals surface area contributed by atoms with E-state index in [4.69, 9.17) is 8.94 Å². The molecule has 1 aromatic carbocycles. The standard InChI is InChI=1S/C9H5NO2/c1-6-3-10-12-9(6)2-8-5-11-4-7(1)8/h1-5H. The van der Waals surface area contributed by atoms with Crippen LogP contribution in [0.25, 0.3) is 21.7 Å². The molecule has 0 aliphatic carbocycles. The number of fused-ring (bicyclic) bond motifs is 2. The lowest BCUT2D eigenvalue weighted by molar-refractivity contribution is 0.456. The molecule has 3 rings (SSSR count). The van der Waals surface area contributed by atoms with Gasteiger partial charge in [-0.25, -0.2) is 0 Å². The summed E-state index contributed by atoms with van der Waals surface area (Å²) in [5.74, 6) is 0. The maximum Gasteiger partial charge on any atom is 0.167 e. The van der Waals surface area contributed by atoms with Crippen LogP contribution in [-0.2, 0) is 0 Å². The van der Waals surface area contributed by atoms with E-state index in [-0.39, 0.29) is 0 Å². The van der Waals surface area contributed by atoms with E-state index in [0.29, 0.717) is 0 Å². The van der Waals surface area contributed by atoms with E-state index < -0.39 is 0 Å². The van der Waals surface area contributed by atoms with Crippen molar-refractivity contribution in [2.75, 3.05) is 0 Å². The van der Waals surface area contributed by atoms with E-state index in [9.17, 15) is 0 Å². The van der Waals surface area contributed by atoms with Gasteiger partial charge in [0.15, 0.2) is 5.58 Å². The summed E-state index contributed by atoms with van der Waals surface area (Å²) in [7, 11) is 0. The molecule has 0 saturated heterocycles.